The number of carbonyl (C=O) groups is 2. The Labute approximate surface area is 307 Å². The predicted octanol–water partition coefficient (Wildman–Crippen LogP) is 7.28. The molecule has 0 aliphatic heterocycles. The monoisotopic (exact) mass is 700 g/mol. The van der Waals surface area contributed by atoms with E-state index in [1.807, 2.05) is 121 Å². The molecule has 0 amide bonds. The third kappa shape index (κ3) is 10.5. The number of benzene rings is 5. The Bertz CT molecular complexity index is 1700. The van der Waals surface area contributed by atoms with Crippen LogP contribution in [0.4, 0.5) is 0 Å². The van der Waals surface area contributed by atoms with E-state index in [0.29, 0.717) is 39.0 Å². The maximum absolute atomic E-state index is 13.6. The number of hydrogen-bond acceptors (Lipinski definition) is 8. The maximum atomic E-state index is 13.6. The number of nitrogens with zero attached hydrogens (tertiary/aromatic N) is 2. The molecule has 0 saturated carbocycles. The van der Waals surface area contributed by atoms with Crippen LogP contribution in [-0.2, 0) is 58.1 Å². The summed E-state index contributed by atoms with van der Waals surface area (Å²) in [4.78, 5) is 31.5. The lowest BCUT2D eigenvalue weighted by molar-refractivity contribution is -0.148. The van der Waals surface area contributed by atoms with Gasteiger partial charge in [-0.3, -0.25) is 19.4 Å². The van der Waals surface area contributed by atoms with Crippen molar-refractivity contribution in [2.24, 2.45) is 0 Å². The van der Waals surface area contributed by atoms with Crippen LogP contribution in [0.2, 0.25) is 0 Å². The van der Waals surface area contributed by atoms with Crippen LogP contribution in [0.5, 0.6) is 11.5 Å². The molecule has 0 radical (unpaired) electrons. The Morgan fingerprint density at radius 1 is 0.442 bits per heavy atom. The minimum Gasteiger partial charge on any atom is -0.497 e. The second-order valence-electron chi connectivity index (χ2n) is 12.7. The van der Waals surface area contributed by atoms with Crippen molar-refractivity contribution in [3.8, 4) is 11.5 Å². The summed E-state index contributed by atoms with van der Waals surface area (Å²) >= 11 is 0. The average Bonchev–Trinajstić information content (AvgIpc) is 3.20. The molecule has 0 fully saturated rings. The molecule has 0 aliphatic rings. The highest BCUT2D eigenvalue weighted by Crippen LogP contribution is 2.25. The molecule has 5 aromatic carbocycles. The van der Waals surface area contributed by atoms with E-state index >= 15 is 0 Å². The highest BCUT2D eigenvalue weighted by Gasteiger charge is 2.31. The van der Waals surface area contributed by atoms with Gasteiger partial charge in [0, 0.05) is 26.2 Å². The Balaban J connectivity index is 1.52. The van der Waals surface area contributed by atoms with E-state index in [0.717, 1.165) is 44.9 Å². The number of carbonyl (C=O) groups excluding carboxylic acids is 2. The van der Waals surface area contributed by atoms with Gasteiger partial charge in [-0.25, -0.2) is 0 Å². The van der Waals surface area contributed by atoms with E-state index in [2.05, 4.69) is 21.9 Å². The SMILES string of the molecule is COC(=O)[C@@H](Cc1ccccc1)N(Cc1ccc(OC)cc1)Cc1ccccc1CN(Cc1ccc(OC)cc1)[C@H](Cc1ccccc1)C(=O)OC. The van der Waals surface area contributed by atoms with Crippen molar-refractivity contribution in [3.05, 3.63) is 167 Å². The van der Waals surface area contributed by atoms with Crippen molar-refractivity contribution in [2.75, 3.05) is 28.4 Å². The van der Waals surface area contributed by atoms with Gasteiger partial charge >= 0.3 is 11.9 Å². The standard InChI is InChI=1S/C44H48N2O6/c1-49-39-23-19-35(20-24-39)29-45(41(43(47)51-3)27-33-13-7-5-8-14-33)31-37-17-11-12-18-38(37)32-46(30-36-21-25-40(50-2)26-22-36)42(44(48)52-4)28-34-15-9-6-10-16-34/h5-26,41-42H,27-32H2,1-4H3/t41-,42-/m1/s1. The molecule has 270 valence electrons. The number of methoxy groups -OCH3 is 4. The van der Waals surface area contributed by atoms with Gasteiger partial charge in [0.05, 0.1) is 28.4 Å². The van der Waals surface area contributed by atoms with Gasteiger partial charge in [-0.1, -0.05) is 109 Å². The normalized spacial score (nSPS) is 12.3. The fraction of sp³-hybridized carbons (Fsp3) is 0.273. The summed E-state index contributed by atoms with van der Waals surface area (Å²) in [6.07, 6.45) is 0.966. The summed E-state index contributed by atoms with van der Waals surface area (Å²) in [6, 6.07) is 43.0. The third-order valence-electron chi connectivity index (χ3n) is 9.33. The van der Waals surface area contributed by atoms with Crippen LogP contribution in [0.25, 0.3) is 0 Å². The molecule has 0 spiro atoms. The molecule has 0 unspecified atom stereocenters. The Hall–Kier alpha value is -5.44. The van der Waals surface area contributed by atoms with Crippen molar-refractivity contribution in [3.63, 3.8) is 0 Å². The minimum atomic E-state index is -0.557. The van der Waals surface area contributed by atoms with E-state index in [4.69, 9.17) is 18.9 Å². The van der Waals surface area contributed by atoms with Crippen LogP contribution >= 0.6 is 0 Å². The third-order valence-corrected chi connectivity index (χ3v) is 9.33. The van der Waals surface area contributed by atoms with Crippen molar-refractivity contribution in [1.29, 1.82) is 0 Å². The molecule has 0 N–H and O–H groups in total. The van der Waals surface area contributed by atoms with Gasteiger partial charge in [-0.15, -0.1) is 0 Å². The first-order valence-corrected chi connectivity index (χ1v) is 17.4. The number of ether oxygens (including phenoxy) is 4. The molecule has 5 rings (SSSR count). The van der Waals surface area contributed by atoms with Gasteiger partial charge in [0.2, 0.25) is 0 Å². The highest BCUT2D eigenvalue weighted by atomic mass is 16.5. The molecule has 0 heterocycles. The maximum Gasteiger partial charge on any atom is 0.323 e. The van der Waals surface area contributed by atoms with Gasteiger partial charge in [-0.2, -0.15) is 0 Å². The smallest absolute Gasteiger partial charge is 0.323 e. The van der Waals surface area contributed by atoms with Crippen molar-refractivity contribution >= 4 is 11.9 Å². The van der Waals surface area contributed by atoms with Gasteiger partial charge in [0.1, 0.15) is 23.6 Å². The molecule has 0 saturated heterocycles. The number of hydrogen-bond donors (Lipinski definition) is 0. The molecule has 8 heteroatoms. The molecule has 2 atom stereocenters. The largest absolute Gasteiger partial charge is 0.497 e. The first kappa shape index (κ1) is 37.8. The summed E-state index contributed by atoms with van der Waals surface area (Å²) in [5.74, 6) is 0.929. The quantitative estimate of drug-likeness (QED) is 0.0884. The van der Waals surface area contributed by atoms with Crippen molar-refractivity contribution in [1.82, 2.24) is 9.80 Å². The first-order valence-electron chi connectivity index (χ1n) is 17.4. The zero-order valence-corrected chi connectivity index (χ0v) is 30.4. The summed E-state index contributed by atoms with van der Waals surface area (Å²) in [7, 11) is 6.18. The summed E-state index contributed by atoms with van der Waals surface area (Å²) in [5, 5.41) is 0. The van der Waals surface area contributed by atoms with Crippen LogP contribution in [0.1, 0.15) is 33.4 Å². The Morgan fingerprint density at radius 3 is 1.12 bits per heavy atom. The second kappa shape index (κ2) is 19.2. The zero-order valence-electron chi connectivity index (χ0n) is 30.4. The second-order valence-corrected chi connectivity index (χ2v) is 12.7. The van der Waals surface area contributed by atoms with E-state index in [1.165, 1.54) is 14.2 Å². The van der Waals surface area contributed by atoms with Crippen LogP contribution in [0.3, 0.4) is 0 Å². The van der Waals surface area contributed by atoms with E-state index in [9.17, 15) is 9.59 Å². The molecular weight excluding hydrogens is 652 g/mol. The first-order chi connectivity index (χ1) is 25.4. The Kier molecular flexibility index (Phi) is 14.0. The molecule has 5 aromatic rings. The van der Waals surface area contributed by atoms with Gasteiger partial charge in [0.15, 0.2) is 0 Å². The van der Waals surface area contributed by atoms with Crippen LogP contribution in [0.15, 0.2) is 133 Å². The lowest BCUT2D eigenvalue weighted by Crippen LogP contribution is -2.44. The van der Waals surface area contributed by atoms with Crippen molar-refractivity contribution < 1.29 is 28.5 Å². The molecular formula is C44H48N2O6. The average molecular weight is 701 g/mol. The van der Waals surface area contributed by atoms with E-state index in [-0.39, 0.29) is 11.9 Å². The summed E-state index contributed by atoms with van der Waals surface area (Å²) < 4.78 is 21.6. The fourth-order valence-corrected chi connectivity index (χ4v) is 6.46. The molecule has 0 aromatic heterocycles. The van der Waals surface area contributed by atoms with Crippen LogP contribution in [0, 0.1) is 0 Å². The number of rotatable bonds is 18. The predicted molar refractivity (Wildman–Crippen MR) is 203 cm³/mol. The fourth-order valence-electron chi connectivity index (χ4n) is 6.46. The van der Waals surface area contributed by atoms with Crippen LogP contribution in [-0.4, -0.2) is 62.3 Å². The lowest BCUT2D eigenvalue weighted by Gasteiger charge is -2.33. The number of esters is 2. The zero-order chi connectivity index (χ0) is 36.7. The van der Waals surface area contributed by atoms with Gasteiger partial charge < -0.3 is 18.9 Å². The van der Waals surface area contributed by atoms with Gasteiger partial charge in [0.25, 0.3) is 0 Å². The Morgan fingerprint density at radius 2 is 0.788 bits per heavy atom. The minimum absolute atomic E-state index is 0.301. The van der Waals surface area contributed by atoms with E-state index < -0.39 is 12.1 Å². The van der Waals surface area contributed by atoms with Crippen LogP contribution < -0.4 is 9.47 Å². The summed E-state index contributed by atoms with van der Waals surface area (Å²) in [6.45, 7) is 1.93. The summed E-state index contributed by atoms with van der Waals surface area (Å²) in [5.41, 5.74) is 6.24. The molecule has 0 bridgehead atoms. The van der Waals surface area contributed by atoms with Gasteiger partial charge in [-0.05, 0) is 70.5 Å². The molecule has 8 nitrogen and oxygen atoms in total. The van der Waals surface area contributed by atoms with Crippen molar-refractivity contribution in [2.45, 2.75) is 51.1 Å². The lowest BCUT2D eigenvalue weighted by atomic mass is 9.99. The topological polar surface area (TPSA) is 77.5 Å². The van der Waals surface area contributed by atoms with E-state index in [1.54, 1.807) is 14.2 Å². The molecule has 52 heavy (non-hydrogen) atoms. The highest BCUT2D eigenvalue weighted by molar-refractivity contribution is 5.76. The molecule has 0 aliphatic carbocycles.